The maximum atomic E-state index is 5.26. The first-order valence-electron chi connectivity index (χ1n) is 8.67. The predicted octanol–water partition coefficient (Wildman–Crippen LogP) is 3.05. The van der Waals surface area contributed by atoms with Crippen LogP contribution in [0.1, 0.15) is 30.4 Å². The number of ether oxygens (including phenoxy) is 1. The number of nitrogens with one attached hydrogen (secondary N) is 1. The highest BCUT2D eigenvalue weighted by molar-refractivity contribution is 5.85. The summed E-state index contributed by atoms with van der Waals surface area (Å²) in [6.45, 7) is 4.04. The fourth-order valence-electron chi connectivity index (χ4n) is 3.29. The van der Waals surface area contributed by atoms with Crippen molar-refractivity contribution in [1.82, 2.24) is 20.2 Å². The van der Waals surface area contributed by atoms with Crippen LogP contribution >= 0.6 is 12.4 Å². The van der Waals surface area contributed by atoms with Crippen LogP contribution in [-0.4, -0.2) is 41.1 Å². The van der Waals surface area contributed by atoms with Crippen molar-refractivity contribution in [1.29, 1.82) is 0 Å². The Balaban J connectivity index is 0.00000225. The molecule has 0 bridgehead atoms. The molecule has 1 aromatic carbocycles. The van der Waals surface area contributed by atoms with Gasteiger partial charge in [-0.15, -0.1) is 12.4 Å². The second-order valence-corrected chi connectivity index (χ2v) is 6.33. The predicted molar refractivity (Wildman–Crippen MR) is 102 cm³/mol. The van der Waals surface area contributed by atoms with E-state index in [-0.39, 0.29) is 12.4 Å². The third-order valence-corrected chi connectivity index (χ3v) is 4.61. The smallest absolute Gasteiger partial charge is 0.118 e. The number of benzene rings is 1. The van der Waals surface area contributed by atoms with Crippen LogP contribution in [0.5, 0.6) is 5.75 Å². The molecule has 3 rings (SSSR count). The van der Waals surface area contributed by atoms with E-state index < -0.39 is 0 Å². The minimum absolute atomic E-state index is 0. The molecule has 25 heavy (non-hydrogen) atoms. The van der Waals surface area contributed by atoms with Crippen LogP contribution in [0, 0.1) is 0 Å². The summed E-state index contributed by atoms with van der Waals surface area (Å²) in [4.78, 5) is 10.9. The van der Waals surface area contributed by atoms with Gasteiger partial charge in [0.15, 0.2) is 0 Å². The van der Waals surface area contributed by atoms with Gasteiger partial charge in [0.2, 0.25) is 0 Å². The molecule has 1 aliphatic heterocycles. The molecule has 0 aliphatic carbocycles. The summed E-state index contributed by atoms with van der Waals surface area (Å²) >= 11 is 0. The minimum Gasteiger partial charge on any atom is -0.497 e. The molecular weight excluding hydrogens is 336 g/mol. The van der Waals surface area contributed by atoms with Gasteiger partial charge in [0, 0.05) is 37.1 Å². The van der Waals surface area contributed by atoms with E-state index in [1.165, 1.54) is 30.4 Å². The Morgan fingerprint density at radius 2 is 1.76 bits per heavy atom. The SMILES string of the molecule is COc1ccc(CN(Cc2cncnc2)C2CCCNCC2)cc1.Cl. The van der Waals surface area contributed by atoms with E-state index in [2.05, 4.69) is 32.3 Å². The lowest BCUT2D eigenvalue weighted by molar-refractivity contribution is 0.164. The number of nitrogens with zero attached hydrogens (tertiary/aromatic N) is 3. The topological polar surface area (TPSA) is 50.3 Å². The Kier molecular flexibility index (Phi) is 8.12. The Morgan fingerprint density at radius 1 is 1.04 bits per heavy atom. The van der Waals surface area contributed by atoms with Crippen molar-refractivity contribution in [3.63, 3.8) is 0 Å². The van der Waals surface area contributed by atoms with Crippen molar-refractivity contribution in [2.75, 3.05) is 20.2 Å². The Hall–Kier alpha value is -1.69. The number of hydrogen-bond donors (Lipinski definition) is 1. The molecule has 1 N–H and O–H groups in total. The molecule has 6 heteroatoms. The fourth-order valence-corrected chi connectivity index (χ4v) is 3.29. The molecular formula is C19H27ClN4O. The number of aromatic nitrogens is 2. The zero-order valence-electron chi connectivity index (χ0n) is 14.7. The third-order valence-electron chi connectivity index (χ3n) is 4.61. The van der Waals surface area contributed by atoms with Crippen LogP contribution in [-0.2, 0) is 13.1 Å². The van der Waals surface area contributed by atoms with E-state index in [0.29, 0.717) is 6.04 Å². The lowest BCUT2D eigenvalue weighted by Gasteiger charge is -2.31. The highest BCUT2D eigenvalue weighted by Crippen LogP contribution is 2.20. The molecule has 2 aromatic rings. The number of hydrogen-bond acceptors (Lipinski definition) is 5. The third kappa shape index (κ3) is 5.96. The summed E-state index contributed by atoms with van der Waals surface area (Å²) in [5.41, 5.74) is 2.48. The molecule has 1 fully saturated rings. The molecule has 0 saturated carbocycles. The van der Waals surface area contributed by atoms with E-state index >= 15 is 0 Å². The van der Waals surface area contributed by atoms with E-state index in [9.17, 15) is 0 Å². The van der Waals surface area contributed by atoms with Gasteiger partial charge in [0.05, 0.1) is 7.11 Å². The van der Waals surface area contributed by atoms with E-state index in [1.807, 2.05) is 24.5 Å². The van der Waals surface area contributed by atoms with Crippen molar-refractivity contribution < 1.29 is 4.74 Å². The van der Waals surface area contributed by atoms with Gasteiger partial charge < -0.3 is 10.1 Å². The molecule has 1 aliphatic rings. The normalized spacial score (nSPS) is 17.6. The van der Waals surface area contributed by atoms with Gasteiger partial charge in [-0.25, -0.2) is 9.97 Å². The fraction of sp³-hybridized carbons (Fsp3) is 0.474. The quantitative estimate of drug-likeness (QED) is 0.855. The number of halogens is 1. The largest absolute Gasteiger partial charge is 0.497 e. The Bertz CT molecular complexity index is 601. The van der Waals surface area contributed by atoms with Crippen molar-refractivity contribution in [2.45, 2.75) is 38.4 Å². The zero-order chi connectivity index (χ0) is 16.6. The highest BCUT2D eigenvalue weighted by atomic mass is 35.5. The Labute approximate surface area is 156 Å². The number of rotatable bonds is 6. The van der Waals surface area contributed by atoms with Crippen LogP contribution in [0.25, 0.3) is 0 Å². The summed E-state index contributed by atoms with van der Waals surface area (Å²) in [5.74, 6) is 0.903. The summed E-state index contributed by atoms with van der Waals surface area (Å²) in [5, 5.41) is 3.51. The summed E-state index contributed by atoms with van der Waals surface area (Å²) in [7, 11) is 1.70. The molecule has 2 heterocycles. The molecule has 0 radical (unpaired) electrons. The van der Waals surface area contributed by atoms with Gasteiger partial charge in [-0.2, -0.15) is 0 Å². The zero-order valence-corrected chi connectivity index (χ0v) is 15.5. The molecule has 0 amide bonds. The Morgan fingerprint density at radius 3 is 2.48 bits per heavy atom. The van der Waals surface area contributed by atoms with Gasteiger partial charge in [-0.3, -0.25) is 4.90 Å². The lowest BCUT2D eigenvalue weighted by Crippen LogP contribution is -2.35. The maximum absolute atomic E-state index is 5.26. The van der Waals surface area contributed by atoms with Gasteiger partial charge in [-0.1, -0.05) is 12.1 Å². The van der Waals surface area contributed by atoms with E-state index in [4.69, 9.17) is 4.74 Å². The first kappa shape index (κ1) is 19.6. The summed E-state index contributed by atoms with van der Waals surface area (Å²) in [6, 6.07) is 8.97. The second kappa shape index (κ2) is 10.3. The average Bonchev–Trinajstić information content (AvgIpc) is 2.92. The van der Waals surface area contributed by atoms with Crippen LogP contribution in [0.15, 0.2) is 43.0 Å². The molecule has 0 spiro atoms. The van der Waals surface area contributed by atoms with Gasteiger partial charge in [-0.05, 0) is 50.0 Å². The molecule has 1 saturated heterocycles. The standard InChI is InChI=1S/C19H26N4O.ClH/c1-24-19-6-4-16(5-7-19)13-23(14-17-11-21-15-22-12-17)18-3-2-9-20-10-8-18;/h4-7,11-12,15,18,20H,2-3,8-10,13-14H2,1H3;1H. The average molecular weight is 363 g/mol. The molecule has 136 valence electrons. The lowest BCUT2D eigenvalue weighted by atomic mass is 10.0. The maximum Gasteiger partial charge on any atom is 0.118 e. The van der Waals surface area contributed by atoms with Crippen molar-refractivity contribution in [2.24, 2.45) is 0 Å². The van der Waals surface area contributed by atoms with Gasteiger partial charge in [0.25, 0.3) is 0 Å². The van der Waals surface area contributed by atoms with Crippen LogP contribution in [0.4, 0.5) is 0 Å². The molecule has 5 nitrogen and oxygen atoms in total. The first-order chi connectivity index (χ1) is 11.8. The summed E-state index contributed by atoms with van der Waals surface area (Å²) < 4.78 is 5.26. The summed E-state index contributed by atoms with van der Waals surface area (Å²) in [6.07, 6.45) is 9.08. The van der Waals surface area contributed by atoms with Crippen LogP contribution < -0.4 is 10.1 Å². The van der Waals surface area contributed by atoms with Gasteiger partial charge in [0.1, 0.15) is 12.1 Å². The molecule has 1 unspecified atom stereocenters. The first-order valence-corrected chi connectivity index (χ1v) is 8.67. The van der Waals surface area contributed by atoms with Crippen molar-refractivity contribution >= 4 is 12.4 Å². The van der Waals surface area contributed by atoms with Crippen LogP contribution in [0.3, 0.4) is 0 Å². The molecule has 1 aromatic heterocycles. The monoisotopic (exact) mass is 362 g/mol. The molecule has 1 atom stereocenters. The van der Waals surface area contributed by atoms with E-state index in [1.54, 1.807) is 13.4 Å². The minimum atomic E-state index is 0. The van der Waals surface area contributed by atoms with E-state index in [0.717, 1.165) is 31.9 Å². The second-order valence-electron chi connectivity index (χ2n) is 6.33. The number of methoxy groups -OCH3 is 1. The van der Waals surface area contributed by atoms with Crippen molar-refractivity contribution in [3.05, 3.63) is 54.1 Å². The van der Waals surface area contributed by atoms with Crippen LogP contribution in [0.2, 0.25) is 0 Å². The van der Waals surface area contributed by atoms with Gasteiger partial charge >= 0.3 is 0 Å². The highest BCUT2D eigenvalue weighted by Gasteiger charge is 2.20. The van der Waals surface area contributed by atoms with Crippen molar-refractivity contribution in [3.8, 4) is 5.75 Å².